The Kier molecular flexibility index (Phi) is 5.20. The van der Waals surface area contributed by atoms with Crippen LogP contribution in [0.5, 0.6) is 11.5 Å². The molecule has 2 heterocycles. The van der Waals surface area contributed by atoms with Crippen LogP contribution in [0.2, 0.25) is 5.02 Å². The lowest BCUT2D eigenvalue weighted by molar-refractivity contribution is 0.266. The third kappa shape index (κ3) is 4.06. The van der Waals surface area contributed by atoms with Crippen molar-refractivity contribution in [3.05, 3.63) is 47.7 Å². The Hall–Kier alpha value is -1.98. The van der Waals surface area contributed by atoms with Crippen LogP contribution in [-0.4, -0.2) is 44.4 Å². The third-order valence-corrected chi connectivity index (χ3v) is 4.06. The first kappa shape index (κ1) is 15.9. The van der Waals surface area contributed by atoms with Gasteiger partial charge in [-0.25, -0.2) is 0 Å². The highest BCUT2D eigenvalue weighted by Crippen LogP contribution is 2.24. The van der Waals surface area contributed by atoms with Crippen molar-refractivity contribution in [2.24, 2.45) is 0 Å². The van der Waals surface area contributed by atoms with Crippen LogP contribution in [-0.2, 0) is 0 Å². The molecule has 1 aromatic heterocycles. The van der Waals surface area contributed by atoms with Crippen LogP contribution < -0.4 is 19.7 Å². The molecule has 1 N–H and O–H groups in total. The summed E-state index contributed by atoms with van der Waals surface area (Å²) in [6.45, 7) is 3.30. The Morgan fingerprint density at radius 2 is 2.22 bits per heavy atom. The summed E-state index contributed by atoms with van der Waals surface area (Å²) in [5.41, 5.74) is 1.14. The first-order chi connectivity index (χ1) is 11.3. The van der Waals surface area contributed by atoms with Crippen LogP contribution in [0.3, 0.4) is 0 Å². The molecule has 5 nitrogen and oxygen atoms in total. The van der Waals surface area contributed by atoms with E-state index >= 15 is 0 Å². The lowest BCUT2D eigenvalue weighted by atomic mass is 10.1. The molecule has 0 bridgehead atoms. The van der Waals surface area contributed by atoms with Gasteiger partial charge in [0.05, 0.1) is 24.4 Å². The number of methoxy groups -OCH3 is 1. The Labute approximate surface area is 141 Å². The molecule has 0 aliphatic carbocycles. The maximum Gasteiger partial charge on any atom is 0.139 e. The van der Waals surface area contributed by atoms with E-state index in [1.807, 2.05) is 12.1 Å². The molecule has 3 rings (SSSR count). The van der Waals surface area contributed by atoms with Gasteiger partial charge in [-0.2, -0.15) is 0 Å². The predicted molar refractivity (Wildman–Crippen MR) is 91.7 cm³/mol. The van der Waals surface area contributed by atoms with E-state index in [1.54, 1.807) is 25.6 Å². The van der Waals surface area contributed by atoms with Crippen LogP contribution in [0.1, 0.15) is 0 Å². The average molecular weight is 334 g/mol. The van der Waals surface area contributed by atoms with Crippen molar-refractivity contribution in [2.75, 3.05) is 38.3 Å². The summed E-state index contributed by atoms with van der Waals surface area (Å²) in [7, 11) is 1.68. The molecule has 0 spiro atoms. The first-order valence-electron chi connectivity index (χ1n) is 7.61. The lowest BCUT2D eigenvalue weighted by Gasteiger charge is -2.37. The minimum atomic E-state index is 0.231. The average Bonchev–Trinajstić information content (AvgIpc) is 2.60. The monoisotopic (exact) mass is 333 g/mol. The highest BCUT2D eigenvalue weighted by molar-refractivity contribution is 6.30. The number of nitrogens with one attached hydrogen (secondary N) is 1. The lowest BCUT2D eigenvalue weighted by Crippen LogP contribution is -2.54. The Morgan fingerprint density at radius 3 is 3.04 bits per heavy atom. The minimum Gasteiger partial charge on any atom is -0.497 e. The summed E-state index contributed by atoms with van der Waals surface area (Å²) in [5, 5.41) is 3.99. The zero-order valence-electron chi connectivity index (χ0n) is 13.0. The van der Waals surface area contributed by atoms with Crippen molar-refractivity contribution in [3.63, 3.8) is 0 Å². The van der Waals surface area contributed by atoms with E-state index in [0.29, 0.717) is 17.4 Å². The summed E-state index contributed by atoms with van der Waals surface area (Å²) in [6.07, 6.45) is 3.27. The highest BCUT2D eigenvalue weighted by atomic mass is 35.5. The van der Waals surface area contributed by atoms with Gasteiger partial charge in [0.25, 0.3) is 0 Å². The van der Waals surface area contributed by atoms with Gasteiger partial charge in [0, 0.05) is 43.7 Å². The molecule has 1 fully saturated rings. The summed E-state index contributed by atoms with van der Waals surface area (Å²) in [6, 6.07) is 10.1. The van der Waals surface area contributed by atoms with E-state index < -0.39 is 0 Å². The van der Waals surface area contributed by atoms with Crippen molar-refractivity contribution in [1.82, 2.24) is 10.3 Å². The fourth-order valence-electron chi connectivity index (χ4n) is 2.70. The van der Waals surface area contributed by atoms with Gasteiger partial charge >= 0.3 is 0 Å². The quantitative estimate of drug-likeness (QED) is 0.911. The molecule has 1 atom stereocenters. The SMILES string of the molecule is COc1cccc(N2CCNCC2COc2cncc(Cl)c2)c1. The van der Waals surface area contributed by atoms with Gasteiger partial charge in [0.15, 0.2) is 0 Å². The molecule has 6 heteroatoms. The van der Waals surface area contributed by atoms with Gasteiger partial charge in [-0.15, -0.1) is 0 Å². The molecular formula is C17H20ClN3O2. The second-order valence-electron chi connectivity index (χ2n) is 5.40. The van der Waals surface area contributed by atoms with E-state index in [1.165, 1.54) is 0 Å². The van der Waals surface area contributed by atoms with Gasteiger partial charge in [0.2, 0.25) is 0 Å². The minimum absolute atomic E-state index is 0.231. The molecule has 1 aliphatic heterocycles. The Morgan fingerprint density at radius 1 is 1.30 bits per heavy atom. The maximum absolute atomic E-state index is 5.95. The molecule has 2 aromatic rings. The van der Waals surface area contributed by atoms with Gasteiger partial charge in [-0.3, -0.25) is 4.98 Å². The van der Waals surface area contributed by atoms with Gasteiger partial charge in [-0.1, -0.05) is 17.7 Å². The molecule has 0 saturated carbocycles. The maximum atomic E-state index is 5.95. The zero-order valence-corrected chi connectivity index (χ0v) is 13.8. The second kappa shape index (κ2) is 7.53. The molecule has 1 saturated heterocycles. The van der Waals surface area contributed by atoms with E-state index in [9.17, 15) is 0 Å². The molecular weight excluding hydrogens is 314 g/mol. The number of hydrogen-bond acceptors (Lipinski definition) is 5. The number of aromatic nitrogens is 1. The topological polar surface area (TPSA) is 46.6 Å². The molecule has 23 heavy (non-hydrogen) atoms. The number of ether oxygens (including phenoxy) is 2. The standard InChI is InChI=1S/C17H20ClN3O2/c1-22-16-4-2-3-14(8-16)21-6-5-19-10-15(21)12-23-17-7-13(18)9-20-11-17/h2-4,7-9,11,15,19H,5-6,10,12H2,1H3. The molecule has 1 aliphatic rings. The van der Waals surface area contributed by atoms with Crippen molar-refractivity contribution in [3.8, 4) is 11.5 Å². The van der Waals surface area contributed by atoms with Crippen molar-refractivity contribution in [2.45, 2.75) is 6.04 Å². The Bertz CT molecular complexity index is 653. The van der Waals surface area contributed by atoms with Crippen LogP contribution in [0.4, 0.5) is 5.69 Å². The van der Waals surface area contributed by atoms with E-state index in [4.69, 9.17) is 21.1 Å². The first-order valence-corrected chi connectivity index (χ1v) is 7.99. The number of halogens is 1. The largest absolute Gasteiger partial charge is 0.497 e. The van der Waals surface area contributed by atoms with Gasteiger partial charge < -0.3 is 19.7 Å². The molecule has 122 valence electrons. The molecule has 0 amide bonds. The van der Waals surface area contributed by atoms with Crippen molar-refractivity contribution < 1.29 is 9.47 Å². The van der Waals surface area contributed by atoms with Gasteiger partial charge in [0.1, 0.15) is 18.1 Å². The number of pyridine rings is 1. The predicted octanol–water partition coefficient (Wildman–Crippen LogP) is 2.60. The molecule has 0 radical (unpaired) electrons. The van der Waals surface area contributed by atoms with E-state index in [2.05, 4.69) is 27.3 Å². The number of nitrogens with zero attached hydrogens (tertiary/aromatic N) is 2. The summed E-state index contributed by atoms with van der Waals surface area (Å²) in [5.74, 6) is 1.55. The number of piperazine rings is 1. The smallest absolute Gasteiger partial charge is 0.139 e. The van der Waals surface area contributed by atoms with E-state index in [0.717, 1.165) is 31.1 Å². The normalized spacial score (nSPS) is 17.8. The Balaban J connectivity index is 1.71. The van der Waals surface area contributed by atoms with Crippen molar-refractivity contribution >= 4 is 17.3 Å². The molecule has 1 aromatic carbocycles. The third-order valence-electron chi connectivity index (χ3n) is 3.86. The number of anilines is 1. The highest BCUT2D eigenvalue weighted by Gasteiger charge is 2.23. The zero-order chi connectivity index (χ0) is 16.1. The van der Waals surface area contributed by atoms with Crippen LogP contribution in [0, 0.1) is 0 Å². The fourth-order valence-corrected chi connectivity index (χ4v) is 2.87. The fraction of sp³-hybridized carbons (Fsp3) is 0.353. The van der Waals surface area contributed by atoms with Crippen LogP contribution in [0.25, 0.3) is 0 Å². The van der Waals surface area contributed by atoms with E-state index in [-0.39, 0.29) is 6.04 Å². The van der Waals surface area contributed by atoms with Gasteiger partial charge in [-0.05, 0) is 12.1 Å². The van der Waals surface area contributed by atoms with Crippen LogP contribution >= 0.6 is 11.6 Å². The summed E-state index contributed by atoms with van der Waals surface area (Å²) in [4.78, 5) is 6.39. The summed E-state index contributed by atoms with van der Waals surface area (Å²) >= 11 is 5.95. The number of benzene rings is 1. The number of rotatable bonds is 5. The summed E-state index contributed by atoms with van der Waals surface area (Å²) < 4.78 is 11.2. The van der Waals surface area contributed by atoms with Crippen LogP contribution in [0.15, 0.2) is 42.7 Å². The second-order valence-corrected chi connectivity index (χ2v) is 5.84. The van der Waals surface area contributed by atoms with Crippen molar-refractivity contribution in [1.29, 1.82) is 0 Å². The number of hydrogen-bond donors (Lipinski definition) is 1. The molecule has 1 unspecified atom stereocenters.